The first-order chi connectivity index (χ1) is 12.4. The van der Waals surface area contributed by atoms with Crippen molar-refractivity contribution in [2.75, 3.05) is 14.2 Å². The van der Waals surface area contributed by atoms with Crippen molar-refractivity contribution in [2.45, 2.75) is 13.5 Å². The number of carbonyl (C=O) groups is 1. The number of hydrogen-bond donors (Lipinski definition) is 1. The van der Waals surface area contributed by atoms with Crippen molar-refractivity contribution < 1.29 is 27.5 Å². The van der Waals surface area contributed by atoms with Crippen LogP contribution in [0.5, 0.6) is 5.75 Å². The summed E-state index contributed by atoms with van der Waals surface area (Å²) in [5.74, 6) is -4.38. The summed E-state index contributed by atoms with van der Waals surface area (Å²) < 4.78 is 46.2. The Labute approximate surface area is 148 Å². The molecule has 1 N–H and O–H groups in total. The van der Waals surface area contributed by atoms with E-state index in [1.807, 2.05) is 0 Å². The molecule has 0 aliphatic rings. The van der Waals surface area contributed by atoms with Gasteiger partial charge < -0.3 is 14.9 Å². The van der Waals surface area contributed by atoms with Crippen molar-refractivity contribution in [2.24, 2.45) is 5.16 Å². The van der Waals surface area contributed by atoms with Crippen LogP contribution in [0, 0.1) is 24.4 Å². The van der Waals surface area contributed by atoms with E-state index in [0.717, 1.165) is 6.92 Å². The molecule has 0 bridgehead atoms. The molecule has 0 radical (unpaired) electrons. The van der Waals surface area contributed by atoms with Gasteiger partial charge >= 0.3 is 0 Å². The van der Waals surface area contributed by atoms with Crippen LogP contribution < -0.4 is 10.1 Å². The molecule has 5 nitrogen and oxygen atoms in total. The predicted octanol–water partition coefficient (Wildman–Crippen LogP) is 3.09. The molecule has 138 valence electrons. The minimum absolute atomic E-state index is 0.00357. The molecule has 2 rings (SSSR count). The SMILES string of the molecule is CNC(=O)C(=NOC)c1ccccc1COc1cc(F)c(F)c(C)c1F. The second kappa shape index (κ2) is 8.37. The summed E-state index contributed by atoms with van der Waals surface area (Å²) in [6, 6.07) is 7.24. The van der Waals surface area contributed by atoms with Crippen molar-refractivity contribution in [3.05, 3.63) is 64.5 Å². The average molecular weight is 366 g/mol. The third-order valence-corrected chi connectivity index (χ3v) is 3.62. The van der Waals surface area contributed by atoms with Crippen LogP contribution in [0.4, 0.5) is 13.2 Å². The van der Waals surface area contributed by atoms with Crippen molar-refractivity contribution in [3.63, 3.8) is 0 Å². The van der Waals surface area contributed by atoms with Crippen LogP contribution in [0.1, 0.15) is 16.7 Å². The highest BCUT2D eigenvalue weighted by molar-refractivity contribution is 6.45. The minimum atomic E-state index is -1.26. The molecule has 26 heavy (non-hydrogen) atoms. The molecular formula is C18H17F3N2O3. The second-order valence-corrected chi connectivity index (χ2v) is 5.26. The summed E-state index contributed by atoms with van der Waals surface area (Å²) in [5.41, 5.74) is 0.401. The Morgan fingerprint density at radius 1 is 1.19 bits per heavy atom. The standard InChI is InChI=1S/C18H17F3N2O3/c1-10-15(20)13(19)8-14(16(10)21)26-9-11-6-4-5-7-12(11)17(23-25-3)18(24)22-2/h4-8H,9H2,1-3H3,(H,22,24). The molecule has 0 saturated heterocycles. The lowest BCUT2D eigenvalue weighted by atomic mass is 10.0. The van der Waals surface area contributed by atoms with E-state index in [1.165, 1.54) is 14.2 Å². The summed E-state index contributed by atoms with van der Waals surface area (Å²) in [6.45, 7) is 0.917. The number of benzene rings is 2. The maximum atomic E-state index is 14.1. The van der Waals surface area contributed by atoms with Crippen LogP contribution >= 0.6 is 0 Å². The molecule has 8 heteroatoms. The van der Waals surface area contributed by atoms with Crippen LogP contribution in [-0.2, 0) is 16.2 Å². The zero-order valence-electron chi connectivity index (χ0n) is 14.4. The maximum absolute atomic E-state index is 14.1. The number of carbonyl (C=O) groups excluding carboxylic acids is 1. The second-order valence-electron chi connectivity index (χ2n) is 5.26. The Balaban J connectivity index is 2.35. The molecule has 2 aromatic rings. The van der Waals surface area contributed by atoms with E-state index in [0.29, 0.717) is 17.2 Å². The zero-order chi connectivity index (χ0) is 19.3. The van der Waals surface area contributed by atoms with E-state index < -0.39 is 34.7 Å². The van der Waals surface area contributed by atoms with E-state index in [2.05, 4.69) is 10.5 Å². The number of ether oxygens (including phenoxy) is 1. The third-order valence-electron chi connectivity index (χ3n) is 3.62. The number of nitrogens with one attached hydrogen (secondary N) is 1. The summed E-state index contributed by atoms with van der Waals surface area (Å²) in [5, 5.41) is 6.14. The lowest BCUT2D eigenvalue weighted by Gasteiger charge is -2.13. The van der Waals surface area contributed by atoms with Crippen molar-refractivity contribution in [1.29, 1.82) is 0 Å². The maximum Gasteiger partial charge on any atom is 0.273 e. The summed E-state index contributed by atoms with van der Waals surface area (Å²) in [4.78, 5) is 16.7. The first-order valence-electron chi connectivity index (χ1n) is 7.59. The van der Waals surface area contributed by atoms with Gasteiger partial charge in [0, 0.05) is 24.2 Å². The Bertz CT molecular complexity index is 854. The fourth-order valence-corrected chi connectivity index (χ4v) is 2.26. The topological polar surface area (TPSA) is 59.9 Å². The molecule has 0 heterocycles. The molecule has 0 unspecified atom stereocenters. The number of halogens is 3. The van der Waals surface area contributed by atoms with Crippen molar-refractivity contribution in [1.82, 2.24) is 5.32 Å². The van der Waals surface area contributed by atoms with Crippen LogP contribution in [0.15, 0.2) is 35.5 Å². The molecular weight excluding hydrogens is 349 g/mol. The van der Waals surface area contributed by atoms with Crippen molar-refractivity contribution in [3.8, 4) is 5.75 Å². The lowest BCUT2D eigenvalue weighted by molar-refractivity contribution is -0.114. The molecule has 1 amide bonds. The average Bonchev–Trinajstić information content (AvgIpc) is 2.66. The van der Waals surface area contributed by atoms with Gasteiger partial charge in [-0.3, -0.25) is 4.79 Å². The van der Waals surface area contributed by atoms with E-state index in [4.69, 9.17) is 9.57 Å². The lowest BCUT2D eigenvalue weighted by Crippen LogP contribution is -2.29. The number of oxime groups is 1. The van der Waals surface area contributed by atoms with Crippen molar-refractivity contribution >= 4 is 11.6 Å². The Morgan fingerprint density at radius 3 is 2.54 bits per heavy atom. The van der Waals surface area contributed by atoms with Gasteiger partial charge in [0.15, 0.2) is 28.9 Å². The normalized spacial score (nSPS) is 11.2. The number of nitrogens with zero attached hydrogens (tertiary/aromatic N) is 1. The van der Waals surface area contributed by atoms with E-state index in [9.17, 15) is 18.0 Å². The summed E-state index contributed by atoms with van der Waals surface area (Å²) in [7, 11) is 2.73. The number of amides is 1. The summed E-state index contributed by atoms with van der Waals surface area (Å²) in [6.07, 6.45) is 0. The van der Waals surface area contributed by atoms with Gasteiger partial charge in [0.2, 0.25) is 0 Å². The fraction of sp³-hybridized carbons (Fsp3) is 0.222. The Morgan fingerprint density at radius 2 is 1.88 bits per heavy atom. The quantitative estimate of drug-likeness (QED) is 0.486. The summed E-state index contributed by atoms with van der Waals surface area (Å²) >= 11 is 0. The monoisotopic (exact) mass is 366 g/mol. The fourth-order valence-electron chi connectivity index (χ4n) is 2.26. The van der Waals surface area contributed by atoms with Gasteiger partial charge in [0.05, 0.1) is 0 Å². The first kappa shape index (κ1) is 19.3. The van der Waals surface area contributed by atoms with Crippen LogP contribution in [-0.4, -0.2) is 25.8 Å². The zero-order valence-corrected chi connectivity index (χ0v) is 14.4. The van der Waals surface area contributed by atoms with Gasteiger partial charge in [-0.15, -0.1) is 0 Å². The van der Waals surface area contributed by atoms with E-state index >= 15 is 0 Å². The van der Waals surface area contributed by atoms with E-state index in [1.54, 1.807) is 24.3 Å². The highest BCUT2D eigenvalue weighted by atomic mass is 19.2. The molecule has 0 fully saturated rings. The molecule has 0 aromatic heterocycles. The highest BCUT2D eigenvalue weighted by Gasteiger charge is 2.19. The van der Waals surface area contributed by atoms with Gasteiger partial charge in [-0.2, -0.15) is 0 Å². The number of hydrogen-bond acceptors (Lipinski definition) is 4. The number of rotatable bonds is 6. The van der Waals surface area contributed by atoms with E-state index in [-0.39, 0.29) is 12.3 Å². The van der Waals surface area contributed by atoms with Gasteiger partial charge in [0.1, 0.15) is 13.7 Å². The highest BCUT2D eigenvalue weighted by Crippen LogP contribution is 2.26. The Kier molecular flexibility index (Phi) is 6.21. The molecule has 0 spiro atoms. The molecule has 2 aromatic carbocycles. The molecule has 0 aliphatic carbocycles. The molecule has 0 aliphatic heterocycles. The van der Waals surface area contributed by atoms with Gasteiger partial charge in [0.25, 0.3) is 5.91 Å². The molecule has 0 atom stereocenters. The van der Waals surface area contributed by atoms with Crippen LogP contribution in [0.2, 0.25) is 0 Å². The van der Waals surface area contributed by atoms with Crippen LogP contribution in [0.25, 0.3) is 0 Å². The third kappa shape index (κ3) is 3.96. The van der Waals surface area contributed by atoms with Crippen LogP contribution in [0.3, 0.4) is 0 Å². The van der Waals surface area contributed by atoms with Gasteiger partial charge in [-0.1, -0.05) is 29.4 Å². The first-order valence-corrected chi connectivity index (χ1v) is 7.59. The molecule has 0 saturated carbocycles. The predicted molar refractivity (Wildman–Crippen MR) is 89.4 cm³/mol. The smallest absolute Gasteiger partial charge is 0.273 e. The number of likely N-dealkylation sites (N-methyl/N-ethyl adjacent to an activating group) is 1. The Hall–Kier alpha value is -3.03. The van der Waals surface area contributed by atoms with Gasteiger partial charge in [-0.05, 0) is 12.5 Å². The van der Waals surface area contributed by atoms with Gasteiger partial charge in [-0.25, -0.2) is 13.2 Å². The largest absolute Gasteiger partial charge is 0.486 e. The minimum Gasteiger partial charge on any atom is -0.486 e.